The summed E-state index contributed by atoms with van der Waals surface area (Å²) in [6.45, 7) is 5.60. The molecule has 1 saturated heterocycles. The molecule has 0 radical (unpaired) electrons. The average molecular weight is 209 g/mol. The van der Waals surface area contributed by atoms with E-state index in [9.17, 15) is 0 Å². The van der Waals surface area contributed by atoms with Crippen molar-refractivity contribution in [2.45, 2.75) is 45.1 Å². The van der Waals surface area contributed by atoms with Crippen LogP contribution in [0, 0.1) is 5.92 Å². The normalized spacial score (nSPS) is 32.2. The number of hydrogen-bond acceptors (Lipinski definition) is 3. The van der Waals surface area contributed by atoms with Gasteiger partial charge < -0.3 is 10.6 Å². The minimum absolute atomic E-state index is 0.674. The van der Waals surface area contributed by atoms with Crippen molar-refractivity contribution in [3.05, 3.63) is 0 Å². The lowest BCUT2D eigenvalue weighted by Gasteiger charge is -2.13. The molecule has 2 heterocycles. The maximum absolute atomic E-state index is 4.61. The van der Waals surface area contributed by atoms with Gasteiger partial charge in [-0.3, -0.25) is 4.99 Å². The standard InChI is InChI=1S/C12H23N3/c1-10-4-5-12(14-8-6-10)15-9-11-3-2-7-13-11/h10-11,13H,2-9H2,1H3,(H,14,15). The number of rotatable bonds is 2. The molecular weight excluding hydrogens is 186 g/mol. The molecule has 86 valence electrons. The Morgan fingerprint density at radius 2 is 2.33 bits per heavy atom. The summed E-state index contributed by atoms with van der Waals surface area (Å²) >= 11 is 0. The molecule has 2 unspecified atom stereocenters. The molecule has 2 atom stereocenters. The molecule has 0 aromatic carbocycles. The van der Waals surface area contributed by atoms with Crippen LogP contribution in [0.1, 0.15) is 39.0 Å². The molecule has 0 aromatic rings. The van der Waals surface area contributed by atoms with Crippen LogP contribution in [0.3, 0.4) is 0 Å². The van der Waals surface area contributed by atoms with Gasteiger partial charge in [0.05, 0.1) is 5.84 Å². The van der Waals surface area contributed by atoms with E-state index in [0.29, 0.717) is 6.04 Å². The monoisotopic (exact) mass is 209 g/mol. The number of nitrogens with one attached hydrogen (secondary N) is 2. The van der Waals surface area contributed by atoms with E-state index in [1.165, 1.54) is 38.1 Å². The largest absolute Gasteiger partial charge is 0.372 e. The topological polar surface area (TPSA) is 36.4 Å². The van der Waals surface area contributed by atoms with Gasteiger partial charge in [0.2, 0.25) is 0 Å². The van der Waals surface area contributed by atoms with E-state index < -0.39 is 0 Å². The first-order valence-corrected chi connectivity index (χ1v) is 6.35. The van der Waals surface area contributed by atoms with Crippen LogP contribution in [0.15, 0.2) is 4.99 Å². The Hall–Kier alpha value is -0.570. The van der Waals surface area contributed by atoms with Crippen molar-refractivity contribution in [3.8, 4) is 0 Å². The van der Waals surface area contributed by atoms with Crippen LogP contribution in [0.25, 0.3) is 0 Å². The molecule has 0 aromatic heterocycles. The molecule has 2 aliphatic heterocycles. The Morgan fingerprint density at radius 1 is 1.40 bits per heavy atom. The van der Waals surface area contributed by atoms with E-state index in [-0.39, 0.29) is 0 Å². The molecule has 1 fully saturated rings. The lowest BCUT2D eigenvalue weighted by atomic mass is 10.0. The van der Waals surface area contributed by atoms with E-state index >= 15 is 0 Å². The minimum atomic E-state index is 0.674. The molecule has 0 saturated carbocycles. The van der Waals surface area contributed by atoms with Gasteiger partial charge in [-0.25, -0.2) is 0 Å². The third-order valence-corrected chi connectivity index (χ3v) is 3.51. The second-order valence-corrected chi connectivity index (χ2v) is 4.94. The minimum Gasteiger partial charge on any atom is -0.372 e. The second kappa shape index (κ2) is 5.50. The van der Waals surface area contributed by atoms with Gasteiger partial charge in [0.15, 0.2) is 0 Å². The molecule has 2 rings (SSSR count). The zero-order valence-corrected chi connectivity index (χ0v) is 9.76. The molecule has 3 heteroatoms. The van der Waals surface area contributed by atoms with Gasteiger partial charge in [0.25, 0.3) is 0 Å². The summed E-state index contributed by atoms with van der Waals surface area (Å²) in [7, 11) is 0. The van der Waals surface area contributed by atoms with Crippen molar-refractivity contribution in [1.82, 2.24) is 10.6 Å². The summed E-state index contributed by atoms with van der Waals surface area (Å²) in [4.78, 5) is 4.61. The van der Waals surface area contributed by atoms with Crippen LogP contribution < -0.4 is 10.6 Å². The smallest absolute Gasteiger partial charge is 0.0963 e. The third-order valence-electron chi connectivity index (χ3n) is 3.51. The lowest BCUT2D eigenvalue weighted by Crippen LogP contribution is -2.37. The third kappa shape index (κ3) is 3.49. The van der Waals surface area contributed by atoms with E-state index in [1.54, 1.807) is 0 Å². The SMILES string of the molecule is CC1CCN=C(NCC2CCCN2)CC1. The van der Waals surface area contributed by atoms with Gasteiger partial charge in [-0.15, -0.1) is 0 Å². The molecule has 0 bridgehead atoms. The molecule has 15 heavy (non-hydrogen) atoms. The molecule has 0 aliphatic carbocycles. The van der Waals surface area contributed by atoms with Crippen LogP contribution >= 0.6 is 0 Å². The van der Waals surface area contributed by atoms with Gasteiger partial charge in [0, 0.05) is 25.6 Å². The first-order chi connectivity index (χ1) is 7.34. The van der Waals surface area contributed by atoms with E-state index in [2.05, 4.69) is 22.5 Å². The maximum Gasteiger partial charge on any atom is 0.0963 e. The Balaban J connectivity index is 1.71. The van der Waals surface area contributed by atoms with Crippen LogP contribution in [-0.4, -0.2) is 31.5 Å². The highest BCUT2D eigenvalue weighted by Gasteiger charge is 2.15. The Bertz CT molecular complexity index is 219. The molecule has 3 nitrogen and oxygen atoms in total. The quantitative estimate of drug-likeness (QED) is 0.724. The highest BCUT2D eigenvalue weighted by atomic mass is 15.0. The van der Waals surface area contributed by atoms with E-state index in [4.69, 9.17) is 0 Å². The Kier molecular flexibility index (Phi) is 4.01. The lowest BCUT2D eigenvalue weighted by molar-refractivity contribution is 0.521. The van der Waals surface area contributed by atoms with Crippen molar-refractivity contribution in [2.75, 3.05) is 19.6 Å². The fraction of sp³-hybridized carbons (Fsp3) is 0.917. The van der Waals surface area contributed by atoms with E-state index in [1.807, 2.05) is 0 Å². The number of aliphatic imine (C=N–C) groups is 1. The van der Waals surface area contributed by atoms with Gasteiger partial charge in [-0.05, 0) is 38.1 Å². The van der Waals surface area contributed by atoms with Crippen LogP contribution in [0.4, 0.5) is 0 Å². The van der Waals surface area contributed by atoms with Crippen molar-refractivity contribution >= 4 is 5.84 Å². The van der Waals surface area contributed by atoms with Crippen molar-refractivity contribution < 1.29 is 0 Å². The summed E-state index contributed by atoms with van der Waals surface area (Å²) in [6, 6.07) is 0.674. The first kappa shape index (κ1) is 10.9. The Labute approximate surface area is 92.7 Å². The van der Waals surface area contributed by atoms with Crippen molar-refractivity contribution in [2.24, 2.45) is 10.9 Å². The highest BCUT2D eigenvalue weighted by Crippen LogP contribution is 2.14. The van der Waals surface area contributed by atoms with Crippen LogP contribution in [-0.2, 0) is 0 Å². The number of amidine groups is 1. The molecule has 2 aliphatic rings. The predicted molar refractivity (Wildman–Crippen MR) is 64.3 cm³/mol. The van der Waals surface area contributed by atoms with Crippen LogP contribution in [0.2, 0.25) is 0 Å². The summed E-state index contributed by atoms with van der Waals surface area (Å²) in [5.41, 5.74) is 0. The van der Waals surface area contributed by atoms with Gasteiger partial charge in [-0.2, -0.15) is 0 Å². The summed E-state index contributed by atoms with van der Waals surface area (Å²) < 4.78 is 0. The number of hydrogen-bond donors (Lipinski definition) is 2. The maximum atomic E-state index is 4.61. The average Bonchev–Trinajstić information content (AvgIpc) is 2.66. The predicted octanol–water partition coefficient (Wildman–Crippen LogP) is 1.55. The summed E-state index contributed by atoms with van der Waals surface area (Å²) in [6.07, 6.45) is 6.34. The Morgan fingerprint density at radius 3 is 3.13 bits per heavy atom. The molecule has 2 N–H and O–H groups in total. The second-order valence-electron chi connectivity index (χ2n) is 4.94. The van der Waals surface area contributed by atoms with Crippen molar-refractivity contribution in [3.63, 3.8) is 0 Å². The zero-order chi connectivity index (χ0) is 10.5. The highest BCUT2D eigenvalue weighted by molar-refractivity contribution is 5.82. The molecule has 0 spiro atoms. The van der Waals surface area contributed by atoms with Crippen LogP contribution in [0.5, 0.6) is 0 Å². The summed E-state index contributed by atoms with van der Waals surface area (Å²) in [5, 5.41) is 7.01. The van der Waals surface area contributed by atoms with Gasteiger partial charge >= 0.3 is 0 Å². The molecular formula is C12H23N3. The van der Waals surface area contributed by atoms with Crippen molar-refractivity contribution in [1.29, 1.82) is 0 Å². The fourth-order valence-corrected chi connectivity index (χ4v) is 2.34. The zero-order valence-electron chi connectivity index (χ0n) is 9.76. The van der Waals surface area contributed by atoms with E-state index in [0.717, 1.165) is 25.4 Å². The summed E-state index contributed by atoms with van der Waals surface area (Å²) in [5.74, 6) is 2.09. The fourth-order valence-electron chi connectivity index (χ4n) is 2.34. The van der Waals surface area contributed by atoms with Gasteiger partial charge in [-0.1, -0.05) is 6.92 Å². The van der Waals surface area contributed by atoms with Gasteiger partial charge in [0.1, 0.15) is 0 Å². The first-order valence-electron chi connectivity index (χ1n) is 6.35. The molecule has 0 amide bonds. The number of nitrogens with zero attached hydrogens (tertiary/aromatic N) is 1.